The van der Waals surface area contributed by atoms with Gasteiger partial charge >= 0.3 is 0 Å². The Morgan fingerprint density at radius 1 is 1.09 bits per heavy atom. The van der Waals surface area contributed by atoms with Gasteiger partial charge in [-0.15, -0.1) is 10.2 Å². The number of aryl methyl sites for hydroxylation is 1. The van der Waals surface area contributed by atoms with Gasteiger partial charge in [-0.3, -0.25) is 4.79 Å². The number of rotatable bonds is 10. The second-order valence-corrected chi connectivity index (χ2v) is 10.4. The third-order valence-corrected chi connectivity index (χ3v) is 8.35. The zero-order valence-corrected chi connectivity index (χ0v) is 20.9. The zero-order valence-electron chi connectivity index (χ0n) is 19.3. The molecule has 10 heteroatoms. The second-order valence-electron chi connectivity index (χ2n) is 7.52. The number of carbonyl (C=O) groups excluding carboxylic acids is 1. The Morgan fingerprint density at radius 2 is 1.79 bits per heavy atom. The van der Waals surface area contributed by atoms with E-state index in [4.69, 9.17) is 0 Å². The van der Waals surface area contributed by atoms with Crippen LogP contribution < -0.4 is 5.32 Å². The summed E-state index contributed by atoms with van der Waals surface area (Å²) in [5.74, 6) is 0.700. The van der Waals surface area contributed by atoms with E-state index in [1.807, 2.05) is 48.9 Å². The minimum absolute atomic E-state index is 0.129. The number of anilines is 1. The van der Waals surface area contributed by atoms with Crippen LogP contribution in [0, 0.1) is 6.92 Å². The highest BCUT2D eigenvalue weighted by atomic mass is 32.2. The standard InChI is InChI=1S/C23H29N5O3S2/c1-5-28(6-2)33(30,31)19-13-12-17(3)20(15-19)24-22(29)16-32-23-26-25-21(27(23)4)14-18-10-8-7-9-11-18/h7-13,15H,5-6,14,16H2,1-4H3,(H,24,29). The predicted octanol–water partition coefficient (Wildman–Crippen LogP) is 3.48. The lowest BCUT2D eigenvalue weighted by molar-refractivity contribution is -0.113. The van der Waals surface area contributed by atoms with Gasteiger partial charge in [0.2, 0.25) is 15.9 Å². The Balaban J connectivity index is 1.66. The van der Waals surface area contributed by atoms with Crippen molar-refractivity contribution in [1.82, 2.24) is 19.1 Å². The molecule has 1 N–H and O–H groups in total. The van der Waals surface area contributed by atoms with Crippen molar-refractivity contribution >= 4 is 33.4 Å². The summed E-state index contributed by atoms with van der Waals surface area (Å²) >= 11 is 1.28. The molecular weight excluding hydrogens is 458 g/mol. The maximum Gasteiger partial charge on any atom is 0.243 e. The first kappa shape index (κ1) is 24.9. The molecule has 176 valence electrons. The SMILES string of the molecule is CCN(CC)S(=O)(=O)c1ccc(C)c(NC(=O)CSc2nnc(Cc3ccccc3)n2C)c1. The summed E-state index contributed by atoms with van der Waals surface area (Å²) in [4.78, 5) is 12.8. The third-order valence-electron chi connectivity index (χ3n) is 5.29. The molecule has 0 aliphatic heterocycles. The fourth-order valence-corrected chi connectivity index (χ4v) is 5.54. The molecule has 8 nitrogen and oxygen atoms in total. The summed E-state index contributed by atoms with van der Waals surface area (Å²) in [6.45, 7) is 6.19. The first-order valence-electron chi connectivity index (χ1n) is 10.7. The average molecular weight is 488 g/mol. The lowest BCUT2D eigenvalue weighted by Crippen LogP contribution is -2.30. The van der Waals surface area contributed by atoms with Crippen LogP contribution in [0.25, 0.3) is 0 Å². The van der Waals surface area contributed by atoms with Crippen molar-refractivity contribution in [2.24, 2.45) is 7.05 Å². The van der Waals surface area contributed by atoms with Crippen molar-refractivity contribution in [2.75, 3.05) is 24.2 Å². The summed E-state index contributed by atoms with van der Waals surface area (Å²) in [7, 11) is -1.73. The van der Waals surface area contributed by atoms with E-state index < -0.39 is 10.0 Å². The lowest BCUT2D eigenvalue weighted by atomic mass is 10.1. The van der Waals surface area contributed by atoms with Crippen molar-refractivity contribution < 1.29 is 13.2 Å². The van der Waals surface area contributed by atoms with Crippen molar-refractivity contribution in [3.8, 4) is 0 Å². The molecule has 33 heavy (non-hydrogen) atoms. The molecule has 0 atom stereocenters. The maximum atomic E-state index is 12.8. The van der Waals surface area contributed by atoms with Gasteiger partial charge in [-0.1, -0.05) is 62.0 Å². The van der Waals surface area contributed by atoms with Gasteiger partial charge in [-0.2, -0.15) is 4.31 Å². The van der Waals surface area contributed by atoms with Crippen molar-refractivity contribution in [1.29, 1.82) is 0 Å². The zero-order chi connectivity index (χ0) is 24.0. The van der Waals surface area contributed by atoms with Gasteiger partial charge < -0.3 is 9.88 Å². The van der Waals surface area contributed by atoms with Gasteiger partial charge in [-0.05, 0) is 30.2 Å². The number of nitrogens with zero attached hydrogens (tertiary/aromatic N) is 4. The molecule has 0 unspecified atom stereocenters. The molecule has 0 radical (unpaired) electrons. The van der Waals surface area contributed by atoms with E-state index in [0.29, 0.717) is 30.4 Å². The molecule has 3 aromatic rings. The number of sulfonamides is 1. The number of aromatic nitrogens is 3. The molecule has 0 saturated heterocycles. The van der Waals surface area contributed by atoms with Crippen LogP contribution in [0.15, 0.2) is 58.6 Å². The number of carbonyl (C=O) groups is 1. The Morgan fingerprint density at radius 3 is 2.45 bits per heavy atom. The van der Waals surface area contributed by atoms with Crippen LogP contribution in [-0.4, -0.2) is 52.2 Å². The highest BCUT2D eigenvalue weighted by Crippen LogP contribution is 2.24. The van der Waals surface area contributed by atoms with E-state index in [1.165, 1.54) is 22.1 Å². The molecule has 0 bridgehead atoms. The Bertz CT molecular complexity index is 1210. The molecule has 0 fully saturated rings. The Hall–Kier alpha value is -2.69. The summed E-state index contributed by atoms with van der Waals surface area (Å²) in [5.41, 5.74) is 2.41. The van der Waals surface area contributed by atoms with Gasteiger partial charge in [0.05, 0.1) is 10.6 Å². The number of thioether (sulfide) groups is 1. The molecule has 3 rings (SSSR count). The number of nitrogens with one attached hydrogen (secondary N) is 1. The number of hydrogen-bond donors (Lipinski definition) is 1. The molecule has 2 aromatic carbocycles. The van der Waals surface area contributed by atoms with Crippen LogP contribution >= 0.6 is 11.8 Å². The molecule has 1 heterocycles. The molecule has 0 saturated carbocycles. The van der Waals surface area contributed by atoms with Crippen molar-refractivity contribution in [3.63, 3.8) is 0 Å². The van der Waals surface area contributed by atoms with Gasteiger partial charge in [0.15, 0.2) is 5.16 Å². The summed E-state index contributed by atoms with van der Waals surface area (Å²) in [6.07, 6.45) is 0.657. The first-order chi connectivity index (χ1) is 15.8. The smallest absolute Gasteiger partial charge is 0.243 e. The number of amides is 1. The predicted molar refractivity (Wildman–Crippen MR) is 131 cm³/mol. The lowest BCUT2D eigenvalue weighted by Gasteiger charge is -2.19. The normalized spacial score (nSPS) is 11.7. The first-order valence-corrected chi connectivity index (χ1v) is 13.1. The van der Waals surface area contributed by atoms with E-state index in [0.717, 1.165) is 17.0 Å². The molecule has 0 aliphatic carbocycles. The molecule has 0 aliphatic rings. The van der Waals surface area contributed by atoms with Crippen molar-refractivity contribution in [2.45, 2.75) is 37.2 Å². The molecule has 1 aromatic heterocycles. The second kappa shape index (κ2) is 11.0. The van der Waals surface area contributed by atoms with Crippen LogP contribution in [0.4, 0.5) is 5.69 Å². The van der Waals surface area contributed by atoms with Gasteiger partial charge in [0.1, 0.15) is 5.82 Å². The van der Waals surface area contributed by atoms with Crippen molar-refractivity contribution in [3.05, 3.63) is 65.5 Å². The van der Waals surface area contributed by atoms with Crippen LogP contribution in [0.5, 0.6) is 0 Å². The van der Waals surface area contributed by atoms with E-state index in [1.54, 1.807) is 26.0 Å². The average Bonchev–Trinajstić information content (AvgIpc) is 3.14. The quantitative estimate of drug-likeness (QED) is 0.440. The van der Waals surface area contributed by atoms with Gasteiger partial charge in [0.25, 0.3) is 0 Å². The largest absolute Gasteiger partial charge is 0.325 e. The highest BCUT2D eigenvalue weighted by Gasteiger charge is 2.22. The molecular formula is C23H29N5O3S2. The van der Waals surface area contributed by atoms with E-state index in [9.17, 15) is 13.2 Å². The fourth-order valence-electron chi connectivity index (χ4n) is 3.33. The highest BCUT2D eigenvalue weighted by molar-refractivity contribution is 7.99. The summed E-state index contributed by atoms with van der Waals surface area (Å²) in [6, 6.07) is 14.8. The third kappa shape index (κ3) is 6.01. The Labute approximate surface area is 199 Å². The fraction of sp³-hybridized carbons (Fsp3) is 0.348. The van der Waals surface area contributed by atoms with Crippen LogP contribution in [0.3, 0.4) is 0 Å². The number of hydrogen-bond acceptors (Lipinski definition) is 6. The van der Waals surface area contributed by atoms with Crippen LogP contribution in [-0.2, 0) is 28.3 Å². The topological polar surface area (TPSA) is 97.2 Å². The van der Waals surface area contributed by atoms with E-state index >= 15 is 0 Å². The van der Waals surface area contributed by atoms with Gasteiger partial charge in [0, 0.05) is 32.2 Å². The monoisotopic (exact) mass is 487 g/mol. The Kier molecular flexibility index (Phi) is 8.28. The molecule has 1 amide bonds. The minimum atomic E-state index is -3.61. The number of benzene rings is 2. The summed E-state index contributed by atoms with van der Waals surface area (Å²) < 4.78 is 28.9. The molecule has 0 spiro atoms. The maximum absolute atomic E-state index is 12.8. The van der Waals surface area contributed by atoms with Crippen LogP contribution in [0.2, 0.25) is 0 Å². The minimum Gasteiger partial charge on any atom is -0.325 e. The van der Waals surface area contributed by atoms with Crippen LogP contribution in [0.1, 0.15) is 30.8 Å². The van der Waals surface area contributed by atoms with Gasteiger partial charge in [-0.25, -0.2) is 8.42 Å². The van der Waals surface area contributed by atoms with E-state index in [-0.39, 0.29) is 16.6 Å². The van der Waals surface area contributed by atoms with E-state index in [2.05, 4.69) is 15.5 Å². The summed E-state index contributed by atoms with van der Waals surface area (Å²) in [5, 5.41) is 11.9.